The van der Waals surface area contributed by atoms with Gasteiger partial charge in [-0.3, -0.25) is 4.98 Å². The van der Waals surface area contributed by atoms with Gasteiger partial charge in [-0.2, -0.15) is 0 Å². The monoisotopic (exact) mass is 453 g/mol. The first kappa shape index (κ1) is 22.2. The van der Waals surface area contributed by atoms with E-state index < -0.39 is 10.0 Å². The molecule has 2 atom stereocenters. The third-order valence-electron chi connectivity index (χ3n) is 5.70. The van der Waals surface area contributed by atoms with E-state index in [0.29, 0.717) is 23.5 Å². The van der Waals surface area contributed by atoms with Gasteiger partial charge in [-0.05, 0) is 72.6 Å². The maximum absolute atomic E-state index is 11.4. The minimum atomic E-state index is -3.71. The zero-order chi connectivity index (χ0) is 22.7. The zero-order valence-electron chi connectivity index (χ0n) is 18.1. The van der Waals surface area contributed by atoms with E-state index in [1.165, 1.54) is 17.7 Å². The number of nitrogens with one attached hydrogen (secondary N) is 1. The summed E-state index contributed by atoms with van der Waals surface area (Å²) in [6, 6.07) is 8.16. The molecule has 0 bridgehead atoms. The molecular formula is C23H27N5O3S. The van der Waals surface area contributed by atoms with Gasteiger partial charge < -0.3 is 10.1 Å². The molecule has 3 aromatic rings. The van der Waals surface area contributed by atoms with Crippen LogP contribution in [-0.2, 0) is 10.0 Å². The number of rotatable bonds is 7. The second-order valence-electron chi connectivity index (χ2n) is 8.35. The molecule has 0 unspecified atom stereocenters. The van der Waals surface area contributed by atoms with Gasteiger partial charge in [0.2, 0.25) is 16.0 Å². The fourth-order valence-electron chi connectivity index (χ4n) is 3.97. The van der Waals surface area contributed by atoms with Crippen LogP contribution in [0.25, 0.3) is 0 Å². The average molecular weight is 454 g/mol. The van der Waals surface area contributed by atoms with Crippen molar-refractivity contribution in [2.75, 3.05) is 5.32 Å². The summed E-state index contributed by atoms with van der Waals surface area (Å²) in [5, 5.41) is 8.19. The van der Waals surface area contributed by atoms with Crippen molar-refractivity contribution < 1.29 is 13.2 Å². The largest absolute Gasteiger partial charge is 0.488 e. The number of nitrogens with zero attached hydrogens (tertiary/aromatic N) is 3. The number of nitrogens with two attached hydrogens (primary N) is 1. The van der Waals surface area contributed by atoms with Crippen molar-refractivity contribution in [1.82, 2.24) is 15.0 Å². The molecule has 168 valence electrons. The van der Waals surface area contributed by atoms with Crippen LogP contribution in [0.1, 0.15) is 56.1 Å². The Balaban J connectivity index is 1.37. The summed E-state index contributed by atoms with van der Waals surface area (Å²) >= 11 is 0. The lowest BCUT2D eigenvalue weighted by molar-refractivity contribution is 0.204. The number of ether oxygens (including phenoxy) is 1. The summed E-state index contributed by atoms with van der Waals surface area (Å²) in [5.74, 6) is 2.05. The Bertz CT molecular complexity index is 1160. The van der Waals surface area contributed by atoms with E-state index in [1.807, 2.05) is 24.7 Å². The van der Waals surface area contributed by atoms with Crippen LogP contribution in [0.15, 0.2) is 60.0 Å². The number of aromatic nitrogens is 3. The summed E-state index contributed by atoms with van der Waals surface area (Å²) in [6.07, 6.45) is 10.4. The third-order valence-corrected chi connectivity index (χ3v) is 6.63. The molecule has 3 N–H and O–H groups in total. The maximum Gasteiger partial charge on any atom is 0.238 e. The van der Waals surface area contributed by atoms with Crippen LogP contribution in [0.4, 0.5) is 11.6 Å². The van der Waals surface area contributed by atoms with Gasteiger partial charge in [-0.25, -0.2) is 23.5 Å². The number of hydrogen-bond donors (Lipinski definition) is 2. The van der Waals surface area contributed by atoms with Gasteiger partial charge in [0.25, 0.3) is 0 Å². The average Bonchev–Trinajstić information content (AvgIpc) is 3.23. The predicted molar refractivity (Wildman–Crippen MR) is 122 cm³/mol. The molecule has 4 rings (SSSR count). The summed E-state index contributed by atoms with van der Waals surface area (Å²) in [7, 11) is -3.71. The van der Waals surface area contributed by atoms with Gasteiger partial charge in [0, 0.05) is 24.3 Å². The molecule has 0 amide bonds. The molecule has 0 saturated heterocycles. The van der Waals surface area contributed by atoms with Gasteiger partial charge in [-0.1, -0.05) is 13.8 Å². The molecule has 0 radical (unpaired) electrons. The van der Waals surface area contributed by atoms with E-state index in [1.54, 1.807) is 18.3 Å². The van der Waals surface area contributed by atoms with Gasteiger partial charge in [0.05, 0.1) is 17.2 Å². The van der Waals surface area contributed by atoms with Crippen molar-refractivity contribution >= 4 is 21.7 Å². The third kappa shape index (κ3) is 5.23. The standard InChI is InChI=1S/C23H27N5O3S/c1-15(2)21-9-10-25-14-22(21)31-19-6-3-16(11-19)17-12-26-23(27-13-17)28-18-4-7-20(8-5-18)32(24,29)30/h4-5,7-10,12-16,19H,3,6,11H2,1-2H3,(H2,24,29,30)(H,26,27,28)/t16-,19+/m1/s1. The molecular weight excluding hydrogens is 426 g/mol. The highest BCUT2D eigenvalue weighted by Crippen LogP contribution is 2.37. The smallest absolute Gasteiger partial charge is 0.238 e. The van der Waals surface area contributed by atoms with Crippen LogP contribution < -0.4 is 15.2 Å². The van der Waals surface area contributed by atoms with E-state index in [9.17, 15) is 8.42 Å². The highest BCUT2D eigenvalue weighted by molar-refractivity contribution is 7.89. The summed E-state index contributed by atoms with van der Waals surface area (Å²) < 4.78 is 29.0. The lowest BCUT2D eigenvalue weighted by atomic mass is 10.0. The van der Waals surface area contributed by atoms with Crippen LogP contribution in [-0.4, -0.2) is 29.5 Å². The van der Waals surface area contributed by atoms with Crippen LogP contribution in [0.5, 0.6) is 5.75 Å². The summed E-state index contributed by atoms with van der Waals surface area (Å²) in [6.45, 7) is 4.31. The van der Waals surface area contributed by atoms with E-state index in [2.05, 4.69) is 34.1 Å². The topological polar surface area (TPSA) is 120 Å². The molecule has 2 aromatic heterocycles. The van der Waals surface area contributed by atoms with Crippen molar-refractivity contribution in [1.29, 1.82) is 0 Å². The van der Waals surface area contributed by atoms with E-state index in [0.717, 1.165) is 30.6 Å². The minimum Gasteiger partial charge on any atom is -0.488 e. The Kier molecular flexibility index (Phi) is 6.38. The zero-order valence-corrected chi connectivity index (χ0v) is 18.9. The van der Waals surface area contributed by atoms with Crippen LogP contribution in [0.2, 0.25) is 0 Å². The number of anilines is 2. The molecule has 9 heteroatoms. The normalized spacial score (nSPS) is 18.6. The second-order valence-corrected chi connectivity index (χ2v) is 9.91. The molecule has 32 heavy (non-hydrogen) atoms. The fourth-order valence-corrected chi connectivity index (χ4v) is 4.48. The first-order valence-electron chi connectivity index (χ1n) is 10.6. The first-order valence-corrected chi connectivity index (χ1v) is 12.2. The molecule has 1 aliphatic carbocycles. The molecule has 1 aromatic carbocycles. The van der Waals surface area contributed by atoms with Crippen molar-refractivity contribution in [2.45, 2.75) is 55.9 Å². The fraction of sp³-hybridized carbons (Fsp3) is 0.348. The van der Waals surface area contributed by atoms with Gasteiger partial charge >= 0.3 is 0 Å². The number of hydrogen-bond acceptors (Lipinski definition) is 7. The Morgan fingerprint density at radius 2 is 1.78 bits per heavy atom. The lowest BCUT2D eigenvalue weighted by Crippen LogP contribution is -2.13. The molecule has 0 spiro atoms. The van der Waals surface area contributed by atoms with Gasteiger partial charge in [0.1, 0.15) is 5.75 Å². The minimum absolute atomic E-state index is 0.0594. The highest BCUT2D eigenvalue weighted by atomic mass is 32.2. The Hall–Kier alpha value is -3.04. The van der Waals surface area contributed by atoms with Crippen molar-refractivity contribution in [3.05, 3.63) is 66.2 Å². The van der Waals surface area contributed by atoms with E-state index in [-0.39, 0.29) is 11.0 Å². The van der Waals surface area contributed by atoms with Crippen LogP contribution in [0.3, 0.4) is 0 Å². The maximum atomic E-state index is 11.4. The molecule has 1 aliphatic rings. The quantitative estimate of drug-likeness (QED) is 0.552. The Morgan fingerprint density at radius 3 is 2.44 bits per heavy atom. The summed E-state index contributed by atoms with van der Waals surface area (Å²) in [5.41, 5.74) is 2.94. The van der Waals surface area contributed by atoms with Crippen LogP contribution >= 0.6 is 0 Å². The van der Waals surface area contributed by atoms with E-state index >= 15 is 0 Å². The van der Waals surface area contributed by atoms with E-state index in [4.69, 9.17) is 9.88 Å². The lowest BCUT2D eigenvalue weighted by Gasteiger charge is -2.18. The van der Waals surface area contributed by atoms with Crippen LogP contribution in [0, 0.1) is 0 Å². The SMILES string of the molecule is CC(C)c1ccncc1O[C@H]1CC[C@@H](c2cnc(Nc3ccc(S(N)(=O)=O)cc3)nc2)C1. The highest BCUT2D eigenvalue weighted by Gasteiger charge is 2.28. The Labute approximate surface area is 188 Å². The number of sulfonamides is 1. The molecule has 1 saturated carbocycles. The number of pyridine rings is 1. The first-order chi connectivity index (χ1) is 15.3. The molecule has 0 aliphatic heterocycles. The number of primary sulfonamides is 1. The van der Waals surface area contributed by atoms with Gasteiger partial charge in [-0.15, -0.1) is 0 Å². The van der Waals surface area contributed by atoms with Crippen molar-refractivity contribution in [3.63, 3.8) is 0 Å². The molecule has 8 nitrogen and oxygen atoms in total. The van der Waals surface area contributed by atoms with Crippen molar-refractivity contribution in [3.8, 4) is 5.75 Å². The predicted octanol–water partition coefficient (Wildman–Crippen LogP) is 4.10. The molecule has 1 fully saturated rings. The number of benzene rings is 1. The Morgan fingerprint density at radius 1 is 1.06 bits per heavy atom. The second kappa shape index (κ2) is 9.22. The molecule has 2 heterocycles. The van der Waals surface area contributed by atoms with Crippen molar-refractivity contribution in [2.24, 2.45) is 5.14 Å². The van der Waals surface area contributed by atoms with Gasteiger partial charge in [0.15, 0.2) is 0 Å². The summed E-state index contributed by atoms with van der Waals surface area (Å²) in [4.78, 5) is 13.1.